The van der Waals surface area contributed by atoms with Crippen LogP contribution in [0.2, 0.25) is 0 Å². The predicted octanol–water partition coefficient (Wildman–Crippen LogP) is 2.66. The van der Waals surface area contributed by atoms with Crippen molar-refractivity contribution in [2.75, 3.05) is 6.61 Å². The summed E-state index contributed by atoms with van der Waals surface area (Å²) in [6.45, 7) is 0.605. The molecular weight excluding hydrogens is 213 g/mol. The molecular formula is C11H14FNOS. The zero-order valence-electron chi connectivity index (χ0n) is 8.41. The summed E-state index contributed by atoms with van der Waals surface area (Å²) in [5.74, 6) is 0.433. The van der Waals surface area contributed by atoms with Crippen molar-refractivity contribution in [1.82, 2.24) is 0 Å². The van der Waals surface area contributed by atoms with Gasteiger partial charge in [0.05, 0.1) is 11.6 Å². The number of hydrogen-bond donors (Lipinski definition) is 1. The van der Waals surface area contributed by atoms with Gasteiger partial charge in [0, 0.05) is 0 Å². The van der Waals surface area contributed by atoms with Gasteiger partial charge in [-0.3, -0.25) is 0 Å². The molecule has 4 heteroatoms. The van der Waals surface area contributed by atoms with E-state index in [-0.39, 0.29) is 5.82 Å². The molecule has 0 aliphatic heterocycles. The summed E-state index contributed by atoms with van der Waals surface area (Å²) >= 11 is 4.75. The number of ether oxygens (including phenoxy) is 1. The number of rotatable bonds is 6. The fourth-order valence-corrected chi connectivity index (χ4v) is 1.27. The first kappa shape index (κ1) is 11.9. The third-order valence-corrected chi connectivity index (χ3v) is 2.10. The van der Waals surface area contributed by atoms with Crippen LogP contribution in [-0.2, 0) is 0 Å². The Morgan fingerprint density at radius 3 is 2.53 bits per heavy atom. The largest absolute Gasteiger partial charge is 0.494 e. The quantitative estimate of drug-likeness (QED) is 0.599. The highest BCUT2D eigenvalue weighted by atomic mass is 32.1. The first-order valence-corrected chi connectivity index (χ1v) is 5.26. The molecule has 0 saturated heterocycles. The lowest BCUT2D eigenvalue weighted by molar-refractivity contribution is 0.307. The van der Waals surface area contributed by atoms with Gasteiger partial charge in [0.2, 0.25) is 0 Å². The van der Waals surface area contributed by atoms with E-state index in [9.17, 15) is 4.39 Å². The zero-order chi connectivity index (χ0) is 11.1. The highest BCUT2D eigenvalue weighted by molar-refractivity contribution is 7.80. The number of unbranched alkanes of at least 4 members (excludes halogenated alkanes) is 1. The molecule has 1 aromatic carbocycles. The van der Waals surface area contributed by atoms with Gasteiger partial charge in [0.1, 0.15) is 11.6 Å². The lowest BCUT2D eigenvalue weighted by Crippen LogP contribution is -2.07. The summed E-state index contributed by atoms with van der Waals surface area (Å²) in [6.07, 6.45) is 2.58. The fraction of sp³-hybridized carbons (Fsp3) is 0.364. The molecule has 2 nitrogen and oxygen atoms in total. The summed E-state index contributed by atoms with van der Waals surface area (Å²) in [4.78, 5) is 0.539. The molecule has 1 rings (SSSR count). The minimum absolute atomic E-state index is 0.254. The van der Waals surface area contributed by atoms with Crippen molar-refractivity contribution in [2.45, 2.75) is 19.3 Å². The molecule has 0 aliphatic rings. The van der Waals surface area contributed by atoms with Crippen LogP contribution in [0, 0.1) is 5.82 Å². The highest BCUT2D eigenvalue weighted by Crippen LogP contribution is 2.11. The van der Waals surface area contributed by atoms with Crippen molar-refractivity contribution < 1.29 is 9.13 Å². The van der Waals surface area contributed by atoms with Crippen molar-refractivity contribution in [3.63, 3.8) is 0 Å². The first-order chi connectivity index (χ1) is 7.18. The number of hydrogen-bond acceptors (Lipinski definition) is 2. The molecule has 0 atom stereocenters. The maximum Gasteiger partial charge on any atom is 0.123 e. The molecule has 15 heavy (non-hydrogen) atoms. The standard InChI is InChI=1S/C11H14FNOS/c12-9-4-6-10(7-5-9)14-8-2-1-3-11(13)15/h4-7H,1-3,8H2,(H2,13,15). The maximum absolute atomic E-state index is 12.5. The summed E-state index contributed by atoms with van der Waals surface area (Å²) < 4.78 is 17.9. The number of nitrogens with two attached hydrogens (primary N) is 1. The van der Waals surface area contributed by atoms with Gasteiger partial charge in [-0.25, -0.2) is 4.39 Å². The van der Waals surface area contributed by atoms with E-state index >= 15 is 0 Å². The molecule has 0 aromatic heterocycles. The SMILES string of the molecule is NC(=S)CCCCOc1ccc(F)cc1. The van der Waals surface area contributed by atoms with Gasteiger partial charge in [0.15, 0.2) is 0 Å². The van der Waals surface area contributed by atoms with E-state index in [0.717, 1.165) is 19.3 Å². The average molecular weight is 227 g/mol. The van der Waals surface area contributed by atoms with Crippen molar-refractivity contribution in [3.8, 4) is 5.75 Å². The minimum Gasteiger partial charge on any atom is -0.494 e. The summed E-state index contributed by atoms with van der Waals surface area (Å²) in [6, 6.07) is 5.99. The van der Waals surface area contributed by atoms with Crippen molar-refractivity contribution in [1.29, 1.82) is 0 Å². The molecule has 0 radical (unpaired) electrons. The van der Waals surface area contributed by atoms with E-state index in [0.29, 0.717) is 17.3 Å². The third kappa shape index (κ3) is 5.32. The van der Waals surface area contributed by atoms with Crippen LogP contribution in [0.4, 0.5) is 4.39 Å². The van der Waals surface area contributed by atoms with Crippen LogP contribution in [-0.4, -0.2) is 11.6 Å². The van der Waals surface area contributed by atoms with Crippen LogP contribution in [0.5, 0.6) is 5.75 Å². The summed E-state index contributed by atoms with van der Waals surface area (Å²) in [5.41, 5.74) is 5.35. The number of thiocarbonyl (C=S) groups is 1. The molecule has 0 spiro atoms. The van der Waals surface area contributed by atoms with Gasteiger partial charge in [-0.2, -0.15) is 0 Å². The van der Waals surface area contributed by atoms with Crippen LogP contribution in [0.1, 0.15) is 19.3 Å². The Morgan fingerprint density at radius 2 is 1.93 bits per heavy atom. The molecule has 0 aliphatic carbocycles. The van der Waals surface area contributed by atoms with Crippen molar-refractivity contribution >= 4 is 17.2 Å². The van der Waals surface area contributed by atoms with Crippen LogP contribution in [0.3, 0.4) is 0 Å². The Morgan fingerprint density at radius 1 is 1.27 bits per heavy atom. The van der Waals surface area contributed by atoms with Gasteiger partial charge >= 0.3 is 0 Å². The molecule has 0 heterocycles. The predicted molar refractivity (Wildman–Crippen MR) is 62.5 cm³/mol. The molecule has 0 amide bonds. The zero-order valence-corrected chi connectivity index (χ0v) is 9.23. The molecule has 0 fully saturated rings. The van der Waals surface area contributed by atoms with Crippen molar-refractivity contribution in [3.05, 3.63) is 30.1 Å². The smallest absolute Gasteiger partial charge is 0.123 e. The fourth-order valence-electron chi connectivity index (χ4n) is 1.12. The second-order valence-corrected chi connectivity index (χ2v) is 3.75. The van der Waals surface area contributed by atoms with Gasteiger partial charge in [0.25, 0.3) is 0 Å². The third-order valence-electron chi connectivity index (χ3n) is 1.90. The minimum atomic E-state index is -0.254. The second-order valence-electron chi connectivity index (χ2n) is 3.23. The Hall–Kier alpha value is -1.16. The second kappa shape index (κ2) is 6.35. The Labute approximate surface area is 94.2 Å². The van der Waals surface area contributed by atoms with E-state index in [1.54, 1.807) is 12.1 Å². The maximum atomic E-state index is 12.5. The van der Waals surface area contributed by atoms with Crippen LogP contribution in [0.15, 0.2) is 24.3 Å². The Kier molecular flexibility index (Phi) is 5.04. The van der Waals surface area contributed by atoms with Crippen LogP contribution >= 0.6 is 12.2 Å². The lowest BCUT2D eigenvalue weighted by atomic mass is 10.2. The monoisotopic (exact) mass is 227 g/mol. The van der Waals surface area contributed by atoms with E-state index in [1.807, 2.05) is 0 Å². The molecule has 0 unspecified atom stereocenters. The number of halogens is 1. The van der Waals surface area contributed by atoms with E-state index < -0.39 is 0 Å². The summed E-state index contributed by atoms with van der Waals surface area (Å²) in [7, 11) is 0. The molecule has 2 N–H and O–H groups in total. The summed E-state index contributed by atoms with van der Waals surface area (Å²) in [5, 5.41) is 0. The van der Waals surface area contributed by atoms with Gasteiger partial charge in [-0.05, 0) is 43.5 Å². The average Bonchev–Trinajstić information content (AvgIpc) is 2.20. The topological polar surface area (TPSA) is 35.2 Å². The lowest BCUT2D eigenvalue weighted by Gasteiger charge is -2.05. The van der Waals surface area contributed by atoms with Crippen molar-refractivity contribution in [2.24, 2.45) is 5.73 Å². The van der Waals surface area contributed by atoms with Crippen LogP contribution < -0.4 is 10.5 Å². The van der Waals surface area contributed by atoms with Gasteiger partial charge in [-0.15, -0.1) is 0 Å². The van der Waals surface area contributed by atoms with Gasteiger partial charge < -0.3 is 10.5 Å². The molecule has 0 saturated carbocycles. The normalized spacial score (nSPS) is 9.93. The van der Waals surface area contributed by atoms with E-state index in [1.165, 1.54) is 12.1 Å². The molecule has 82 valence electrons. The Bertz CT molecular complexity index is 313. The van der Waals surface area contributed by atoms with Crippen LogP contribution in [0.25, 0.3) is 0 Å². The van der Waals surface area contributed by atoms with E-state index in [4.69, 9.17) is 22.7 Å². The molecule has 0 bridgehead atoms. The highest BCUT2D eigenvalue weighted by Gasteiger charge is 1.95. The molecule has 1 aromatic rings. The van der Waals surface area contributed by atoms with E-state index in [2.05, 4.69) is 0 Å². The number of benzene rings is 1. The Balaban J connectivity index is 2.15. The van der Waals surface area contributed by atoms with Gasteiger partial charge in [-0.1, -0.05) is 12.2 Å². The first-order valence-electron chi connectivity index (χ1n) is 4.85.